The zero-order valence-corrected chi connectivity index (χ0v) is 9.57. The highest BCUT2D eigenvalue weighted by Gasteiger charge is 2.17. The third-order valence-electron chi connectivity index (χ3n) is 2.62. The number of H-pyrrole nitrogens is 1. The number of nitro benzene ring substituents is 1. The van der Waals surface area contributed by atoms with Crippen LogP contribution in [0.5, 0.6) is 0 Å². The lowest BCUT2D eigenvalue weighted by atomic mass is 9.92. The summed E-state index contributed by atoms with van der Waals surface area (Å²) in [5.41, 5.74) is 2.05. The molecule has 0 fully saturated rings. The quantitative estimate of drug-likeness (QED) is 0.589. The van der Waals surface area contributed by atoms with Gasteiger partial charge in [0.2, 0.25) is 0 Å². The molecule has 16 heavy (non-hydrogen) atoms. The van der Waals surface area contributed by atoms with Gasteiger partial charge in [-0.2, -0.15) is 0 Å². The average Bonchev–Trinajstić information content (AvgIpc) is 2.58. The Kier molecular flexibility index (Phi) is 2.22. The molecule has 0 saturated heterocycles. The molecule has 2 rings (SSSR count). The first-order valence-electron chi connectivity index (χ1n) is 5.15. The molecule has 84 valence electrons. The summed E-state index contributed by atoms with van der Waals surface area (Å²) >= 11 is 0. The maximum atomic E-state index is 10.6. The zero-order chi connectivity index (χ0) is 11.9. The van der Waals surface area contributed by atoms with E-state index in [0.29, 0.717) is 0 Å². The van der Waals surface area contributed by atoms with Crippen molar-refractivity contribution in [2.75, 3.05) is 0 Å². The van der Waals surface area contributed by atoms with E-state index in [-0.39, 0.29) is 16.0 Å². The molecule has 0 aliphatic rings. The monoisotopic (exact) mass is 218 g/mol. The highest BCUT2D eigenvalue weighted by atomic mass is 16.6. The van der Waals surface area contributed by atoms with Gasteiger partial charge in [0.15, 0.2) is 0 Å². The smallest absolute Gasteiger partial charge is 0.271 e. The van der Waals surface area contributed by atoms with Gasteiger partial charge in [0, 0.05) is 28.6 Å². The van der Waals surface area contributed by atoms with Crippen molar-refractivity contribution in [2.45, 2.75) is 26.2 Å². The number of aromatic nitrogens is 1. The minimum Gasteiger partial charge on any atom is -0.358 e. The number of hydrogen-bond donors (Lipinski definition) is 1. The molecular formula is C12H14N2O2. The molecule has 0 amide bonds. The minimum atomic E-state index is -0.378. The van der Waals surface area contributed by atoms with Gasteiger partial charge >= 0.3 is 0 Å². The molecule has 1 aromatic heterocycles. The van der Waals surface area contributed by atoms with E-state index in [4.69, 9.17) is 0 Å². The SMILES string of the molecule is CC(C)(C)c1cc2ccc([N+](=O)[O-])cc2[nH]1. The zero-order valence-electron chi connectivity index (χ0n) is 9.57. The summed E-state index contributed by atoms with van der Waals surface area (Å²) in [7, 11) is 0. The van der Waals surface area contributed by atoms with Crippen molar-refractivity contribution >= 4 is 16.6 Å². The maximum absolute atomic E-state index is 10.6. The predicted octanol–water partition coefficient (Wildman–Crippen LogP) is 3.37. The summed E-state index contributed by atoms with van der Waals surface area (Å²) in [6.45, 7) is 6.31. The summed E-state index contributed by atoms with van der Waals surface area (Å²) in [5, 5.41) is 11.6. The van der Waals surface area contributed by atoms with Crippen molar-refractivity contribution in [3.05, 3.63) is 40.1 Å². The Hall–Kier alpha value is -1.84. The fourth-order valence-corrected chi connectivity index (χ4v) is 1.63. The van der Waals surface area contributed by atoms with Gasteiger partial charge in [-0.25, -0.2) is 0 Å². The number of non-ortho nitro benzene ring substituents is 1. The number of hydrogen-bond acceptors (Lipinski definition) is 2. The second-order valence-electron chi connectivity index (χ2n) is 4.96. The first-order valence-corrected chi connectivity index (χ1v) is 5.15. The first-order chi connectivity index (χ1) is 7.38. The van der Waals surface area contributed by atoms with Crippen LogP contribution < -0.4 is 0 Å². The molecule has 0 aliphatic heterocycles. The van der Waals surface area contributed by atoms with Gasteiger partial charge in [-0.05, 0) is 12.1 Å². The lowest BCUT2D eigenvalue weighted by molar-refractivity contribution is -0.384. The van der Waals surface area contributed by atoms with E-state index in [1.165, 1.54) is 6.07 Å². The van der Waals surface area contributed by atoms with Crippen LogP contribution in [0.3, 0.4) is 0 Å². The van der Waals surface area contributed by atoms with Crippen molar-refractivity contribution in [3.63, 3.8) is 0 Å². The third-order valence-corrected chi connectivity index (χ3v) is 2.62. The van der Waals surface area contributed by atoms with Crippen LogP contribution in [0.2, 0.25) is 0 Å². The molecule has 1 N–H and O–H groups in total. The number of nitrogens with zero attached hydrogens (tertiary/aromatic N) is 1. The molecule has 0 atom stereocenters. The highest BCUT2D eigenvalue weighted by Crippen LogP contribution is 2.27. The first kappa shape index (κ1) is 10.7. The second kappa shape index (κ2) is 3.33. The van der Waals surface area contributed by atoms with Crippen molar-refractivity contribution in [1.82, 2.24) is 4.98 Å². The van der Waals surface area contributed by atoms with Crippen LogP contribution >= 0.6 is 0 Å². The van der Waals surface area contributed by atoms with Crippen molar-refractivity contribution < 1.29 is 4.92 Å². The van der Waals surface area contributed by atoms with Gasteiger partial charge < -0.3 is 4.98 Å². The second-order valence-corrected chi connectivity index (χ2v) is 4.96. The summed E-state index contributed by atoms with van der Waals surface area (Å²) < 4.78 is 0. The standard InChI is InChI=1S/C12H14N2O2/c1-12(2,3)11-6-8-4-5-9(14(15)16)7-10(8)13-11/h4-7,13H,1-3H3. The topological polar surface area (TPSA) is 58.9 Å². The number of nitro groups is 1. The van der Waals surface area contributed by atoms with Crippen LogP contribution in [-0.4, -0.2) is 9.91 Å². The Morgan fingerprint density at radius 3 is 2.50 bits per heavy atom. The van der Waals surface area contributed by atoms with Gasteiger partial charge in [-0.3, -0.25) is 10.1 Å². The molecule has 4 nitrogen and oxygen atoms in total. The summed E-state index contributed by atoms with van der Waals surface area (Å²) in [6.07, 6.45) is 0. The Bertz CT molecular complexity index is 550. The van der Waals surface area contributed by atoms with E-state index in [2.05, 4.69) is 25.8 Å². The molecule has 0 spiro atoms. The highest BCUT2D eigenvalue weighted by molar-refractivity contribution is 5.82. The van der Waals surface area contributed by atoms with E-state index in [9.17, 15) is 10.1 Å². The number of nitrogens with one attached hydrogen (secondary N) is 1. The molecule has 4 heteroatoms. The maximum Gasteiger partial charge on any atom is 0.271 e. The summed E-state index contributed by atoms with van der Waals surface area (Å²) in [6, 6.07) is 6.92. The molecule has 2 aromatic rings. The Balaban J connectivity index is 2.59. The van der Waals surface area contributed by atoms with Gasteiger partial charge in [0.05, 0.1) is 10.4 Å². The van der Waals surface area contributed by atoms with Crippen LogP contribution in [0.25, 0.3) is 10.9 Å². The van der Waals surface area contributed by atoms with Gasteiger partial charge in [0.1, 0.15) is 0 Å². The molecular weight excluding hydrogens is 204 g/mol. The number of aromatic amines is 1. The van der Waals surface area contributed by atoms with Crippen LogP contribution in [0.15, 0.2) is 24.3 Å². The van der Waals surface area contributed by atoms with E-state index < -0.39 is 0 Å². The molecule has 0 radical (unpaired) electrons. The fourth-order valence-electron chi connectivity index (χ4n) is 1.63. The molecule has 1 heterocycles. The van der Waals surface area contributed by atoms with Crippen LogP contribution in [0.1, 0.15) is 26.5 Å². The van der Waals surface area contributed by atoms with E-state index >= 15 is 0 Å². The van der Waals surface area contributed by atoms with Gasteiger partial charge in [-0.15, -0.1) is 0 Å². The summed E-state index contributed by atoms with van der Waals surface area (Å²) in [4.78, 5) is 13.5. The lowest BCUT2D eigenvalue weighted by Gasteiger charge is -2.15. The molecule has 0 unspecified atom stereocenters. The van der Waals surface area contributed by atoms with Crippen molar-refractivity contribution in [2.24, 2.45) is 0 Å². The van der Waals surface area contributed by atoms with E-state index in [1.54, 1.807) is 12.1 Å². The minimum absolute atomic E-state index is 0.0216. The molecule has 0 aliphatic carbocycles. The van der Waals surface area contributed by atoms with Crippen molar-refractivity contribution in [1.29, 1.82) is 0 Å². The molecule has 1 aromatic carbocycles. The van der Waals surface area contributed by atoms with Gasteiger partial charge in [0.25, 0.3) is 5.69 Å². The Labute approximate surface area is 93.4 Å². The molecule has 0 bridgehead atoms. The Morgan fingerprint density at radius 2 is 1.94 bits per heavy atom. The van der Waals surface area contributed by atoms with Crippen LogP contribution in [-0.2, 0) is 5.41 Å². The van der Waals surface area contributed by atoms with E-state index in [0.717, 1.165) is 16.6 Å². The van der Waals surface area contributed by atoms with Crippen molar-refractivity contribution in [3.8, 4) is 0 Å². The number of rotatable bonds is 1. The van der Waals surface area contributed by atoms with E-state index in [1.807, 2.05) is 6.07 Å². The fraction of sp³-hybridized carbons (Fsp3) is 0.333. The predicted molar refractivity (Wildman–Crippen MR) is 63.7 cm³/mol. The Morgan fingerprint density at radius 1 is 1.25 bits per heavy atom. The summed E-state index contributed by atoms with van der Waals surface area (Å²) in [5.74, 6) is 0. The lowest BCUT2D eigenvalue weighted by Crippen LogP contribution is -2.10. The average molecular weight is 218 g/mol. The number of benzene rings is 1. The third kappa shape index (κ3) is 1.78. The van der Waals surface area contributed by atoms with Gasteiger partial charge in [-0.1, -0.05) is 20.8 Å². The number of fused-ring (bicyclic) bond motifs is 1. The van der Waals surface area contributed by atoms with Crippen LogP contribution in [0.4, 0.5) is 5.69 Å². The largest absolute Gasteiger partial charge is 0.358 e. The normalized spacial score (nSPS) is 11.9. The van der Waals surface area contributed by atoms with Crippen LogP contribution in [0, 0.1) is 10.1 Å². The molecule has 0 saturated carbocycles.